The molecule has 0 spiro atoms. The number of nitrogens with zero attached hydrogens (tertiary/aromatic N) is 2. The molecule has 3 aromatic rings. The third-order valence-corrected chi connectivity index (χ3v) is 4.21. The number of rotatable bonds is 5. The van der Waals surface area contributed by atoms with Gasteiger partial charge >= 0.3 is 0 Å². The van der Waals surface area contributed by atoms with Crippen LogP contribution < -0.4 is 9.47 Å². The number of ether oxygens (including phenoxy) is 2. The van der Waals surface area contributed by atoms with Gasteiger partial charge in [-0.2, -0.15) is 5.26 Å². The second-order valence-corrected chi connectivity index (χ2v) is 5.66. The molecule has 0 radical (unpaired) electrons. The molecule has 1 aromatic carbocycles. The Morgan fingerprint density at radius 3 is 2.58 bits per heavy atom. The molecule has 120 valence electrons. The van der Waals surface area contributed by atoms with E-state index in [9.17, 15) is 5.26 Å². The summed E-state index contributed by atoms with van der Waals surface area (Å²) < 4.78 is 15.6. The predicted octanol–water partition coefficient (Wildman–Crippen LogP) is 4.48. The van der Waals surface area contributed by atoms with E-state index in [1.165, 1.54) is 18.4 Å². The topological polar surface area (TPSA) is 68.3 Å². The number of thiazole rings is 1. The lowest BCUT2D eigenvalue weighted by atomic mass is 10.1. The number of allylic oxidation sites excluding steroid dienone is 1. The Balaban J connectivity index is 1.88. The standard InChI is InChI=1S/C18H14N2O3S/c1-21-14-5-3-12(4-6-14)16-11-24-18(20-16)13(10-19)9-15-7-8-17(22-2)23-15/h3-9,11H,1-2H3/b13-9-. The van der Waals surface area contributed by atoms with E-state index < -0.39 is 0 Å². The minimum Gasteiger partial charge on any atom is -0.497 e. The van der Waals surface area contributed by atoms with E-state index in [2.05, 4.69) is 11.1 Å². The van der Waals surface area contributed by atoms with Crippen LogP contribution in [-0.4, -0.2) is 19.2 Å². The van der Waals surface area contributed by atoms with Gasteiger partial charge in [-0.1, -0.05) is 0 Å². The van der Waals surface area contributed by atoms with Crippen LogP contribution in [0.4, 0.5) is 0 Å². The number of benzene rings is 1. The van der Waals surface area contributed by atoms with Crippen molar-refractivity contribution < 1.29 is 13.9 Å². The molecule has 6 heteroatoms. The molecule has 0 aliphatic heterocycles. The Hall–Kier alpha value is -3.04. The molecule has 2 aromatic heterocycles. The van der Waals surface area contributed by atoms with Gasteiger partial charge in [-0.3, -0.25) is 0 Å². The van der Waals surface area contributed by atoms with Crippen molar-refractivity contribution in [2.75, 3.05) is 14.2 Å². The first-order valence-corrected chi connectivity index (χ1v) is 7.97. The lowest BCUT2D eigenvalue weighted by Crippen LogP contribution is -1.84. The predicted molar refractivity (Wildman–Crippen MR) is 92.8 cm³/mol. The number of hydrogen-bond donors (Lipinski definition) is 0. The summed E-state index contributed by atoms with van der Waals surface area (Å²) in [6, 6.07) is 13.2. The van der Waals surface area contributed by atoms with Crippen LogP contribution in [0.2, 0.25) is 0 Å². The van der Waals surface area contributed by atoms with Crippen molar-refractivity contribution in [3.63, 3.8) is 0 Å². The molecule has 3 rings (SSSR count). The average Bonchev–Trinajstić information content (AvgIpc) is 3.29. The molecule has 0 fully saturated rings. The van der Waals surface area contributed by atoms with Crippen LogP contribution in [0.3, 0.4) is 0 Å². The van der Waals surface area contributed by atoms with E-state index in [1.807, 2.05) is 29.6 Å². The molecule has 0 atom stereocenters. The molecule has 0 unspecified atom stereocenters. The first-order valence-electron chi connectivity index (χ1n) is 7.09. The van der Waals surface area contributed by atoms with Crippen LogP contribution in [-0.2, 0) is 0 Å². The quantitative estimate of drug-likeness (QED) is 0.641. The van der Waals surface area contributed by atoms with Crippen molar-refractivity contribution >= 4 is 23.0 Å². The molecule has 0 N–H and O–H groups in total. The Kier molecular flexibility index (Phi) is 4.64. The van der Waals surface area contributed by atoms with E-state index >= 15 is 0 Å². The van der Waals surface area contributed by atoms with E-state index in [1.54, 1.807) is 25.3 Å². The van der Waals surface area contributed by atoms with E-state index in [4.69, 9.17) is 13.9 Å². The number of methoxy groups -OCH3 is 2. The zero-order valence-electron chi connectivity index (χ0n) is 13.1. The highest BCUT2D eigenvalue weighted by Crippen LogP contribution is 2.29. The first kappa shape index (κ1) is 15.8. The summed E-state index contributed by atoms with van der Waals surface area (Å²) in [5.41, 5.74) is 2.22. The maximum Gasteiger partial charge on any atom is 0.284 e. The number of hydrogen-bond acceptors (Lipinski definition) is 6. The van der Waals surface area contributed by atoms with Crippen LogP contribution in [0.1, 0.15) is 10.8 Å². The monoisotopic (exact) mass is 338 g/mol. The first-order chi connectivity index (χ1) is 11.7. The van der Waals surface area contributed by atoms with Crippen LogP contribution in [0, 0.1) is 11.3 Å². The second kappa shape index (κ2) is 7.02. The largest absolute Gasteiger partial charge is 0.497 e. The smallest absolute Gasteiger partial charge is 0.284 e. The summed E-state index contributed by atoms with van der Waals surface area (Å²) in [6.45, 7) is 0. The van der Waals surface area contributed by atoms with Crippen molar-refractivity contribution in [1.29, 1.82) is 5.26 Å². The minimum absolute atomic E-state index is 0.400. The highest BCUT2D eigenvalue weighted by Gasteiger charge is 2.10. The normalized spacial score (nSPS) is 11.1. The van der Waals surface area contributed by atoms with Crippen molar-refractivity contribution in [3.05, 3.63) is 52.5 Å². The van der Waals surface area contributed by atoms with Gasteiger partial charge in [0.05, 0.1) is 25.5 Å². The summed E-state index contributed by atoms with van der Waals surface area (Å²) >= 11 is 1.41. The zero-order chi connectivity index (χ0) is 16.9. The Labute approximate surface area is 143 Å². The van der Waals surface area contributed by atoms with E-state index in [0.717, 1.165) is 17.0 Å². The minimum atomic E-state index is 0.400. The average molecular weight is 338 g/mol. The van der Waals surface area contributed by atoms with Crippen LogP contribution >= 0.6 is 11.3 Å². The summed E-state index contributed by atoms with van der Waals surface area (Å²) in [5, 5.41) is 12.0. The van der Waals surface area contributed by atoms with Crippen LogP contribution in [0.15, 0.2) is 46.2 Å². The fourth-order valence-electron chi connectivity index (χ4n) is 2.10. The summed E-state index contributed by atoms with van der Waals surface area (Å²) in [5.74, 6) is 1.74. The summed E-state index contributed by atoms with van der Waals surface area (Å²) in [6.07, 6.45) is 1.65. The van der Waals surface area contributed by atoms with Gasteiger partial charge in [0.15, 0.2) is 0 Å². The van der Waals surface area contributed by atoms with Crippen LogP contribution in [0.25, 0.3) is 22.9 Å². The van der Waals surface area contributed by atoms with Crippen molar-refractivity contribution in [2.45, 2.75) is 0 Å². The number of nitriles is 1. The number of aromatic nitrogens is 1. The van der Waals surface area contributed by atoms with Gasteiger partial charge in [-0.15, -0.1) is 11.3 Å². The van der Waals surface area contributed by atoms with Crippen molar-refractivity contribution in [2.24, 2.45) is 0 Å². The maximum absolute atomic E-state index is 9.41. The third kappa shape index (κ3) is 3.31. The van der Waals surface area contributed by atoms with Gasteiger partial charge in [0.2, 0.25) is 0 Å². The van der Waals surface area contributed by atoms with Gasteiger partial charge in [-0.25, -0.2) is 4.98 Å². The molecular formula is C18H14N2O3S. The lowest BCUT2D eigenvalue weighted by Gasteiger charge is -2.00. The molecule has 0 bridgehead atoms. The van der Waals surface area contributed by atoms with Gasteiger partial charge in [0.25, 0.3) is 5.95 Å². The van der Waals surface area contributed by atoms with Gasteiger partial charge in [0, 0.05) is 23.1 Å². The van der Waals surface area contributed by atoms with E-state index in [0.29, 0.717) is 22.3 Å². The summed E-state index contributed by atoms with van der Waals surface area (Å²) in [4.78, 5) is 4.54. The Morgan fingerprint density at radius 2 is 1.96 bits per heavy atom. The van der Waals surface area contributed by atoms with Crippen molar-refractivity contribution in [3.8, 4) is 29.0 Å². The van der Waals surface area contributed by atoms with Gasteiger partial charge < -0.3 is 13.9 Å². The molecular weight excluding hydrogens is 324 g/mol. The number of furan rings is 1. The fraction of sp³-hybridized carbons (Fsp3) is 0.111. The third-order valence-electron chi connectivity index (χ3n) is 3.33. The second-order valence-electron chi connectivity index (χ2n) is 4.80. The molecule has 0 aliphatic carbocycles. The fourth-order valence-corrected chi connectivity index (χ4v) is 2.89. The molecule has 2 heterocycles. The summed E-state index contributed by atoms with van der Waals surface area (Å²) in [7, 11) is 3.16. The highest BCUT2D eigenvalue weighted by atomic mass is 32.1. The molecule has 0 saturated heterocycles. The Morgan fingerprint density at radius 1 is 1.17 bits per heavy atom. The van der Waals surface area contributed by atoms with Gasteiger partial charge in [-0.05, 0) is 30.3 Å². The molecule has 0 amide bonds. The lowest BCUT2D eigenvalue weighted by molar-refractivity contribution is 0.303. The maximum atomic E-state index is 9.41. The van der Waals surface area contributed by atoms with Crippen LogP contribution in [0.5, 0.6) is 11.7 Å². The highest BCUT2D eigenvalue weighted by molar-refractivity contribution is 7.11. The SMILES string of the molecule is COc1ccc(-c2csc(/C(C#N)=C\c3ccc(OC)o3)n2)cc1. The molecule has 0 aliphatic rings. The molecule has 0 saturated carbocycles. The van der Waals surface area contributed by atoms with E-state index in [-0.39, 0.29) is 0 Å². The molecule has 24 heavy (non-hydrogen) atoms. The van der Waals surface area contributed by atoms with Crippen molar-refractivity contribution in [1.82, 2.24) is 4.98 Å². The molecule has 5 nitrogen and oxygen atoms in total. The van der Waals surface area contributed by atoms with Gasteiger partial charge in [0.1, 0.15) is 22.6 Å². The zero-order valence-corrected chi connectivity index (χ0v) is 14.0. The Bertz CT molecular complexity index is 901.